The minimum atomic E-state index is -0.404. The second-order valence-electron chi connectivity index (χ2n) is 6.73. The zero-order chi connectivity index (χ0) is 16.1. The molecular weight excluding hydrogens is 350 g/mol. The number of nitrogens with zero attached hydrogens (tertiary/aromatic N) is 1. The molecule has 0 saturated carbocycles. The Morgan fingerprint density at radius 3 is 2.78 bits per heavy atom. The number of halogens is 1. The molecule has 4 rings (SSSR count). The van der Waals surface area contributed by atoms with E-state index in [0.717, 1.165) is 17.6 Å². The summed E-state index contributed by atoms with van der Waals surface area (Å²) in [7, 11) is 0. The van der Waals surface area contributed by atoms with Gasteiger partial charge in [0.05, 0.1) is 6.61 Å². The third-order valence-corrected chi connectivity index (χ3v) is 5.65. The average molecular weight is 370 g/mol. The van der Waals surface area contributed by atoms with Crippen molar-refractivity contribution in [2.75, 3.05) is 18.1 Å². The number of benzene rings is 2. The lowest BCUT2D eigenvalue weighted by Crippen LogP contribution is -2.51. The molecule has 0 aliphatic carbocycles. The number of ether oxygens (including phenoxy) is 1. The first kappa shape index (κ1) is 15.0. The van der Waals surface area contributed by atoms with Crippen LogP contribution in [-0.4, -0.2) is 18.9 Å². The van der Waals surface area contributed by atoms with Crippen LogP contribution in [0.15, 0.2) is 59.1 Å². The van der Waals surface area contributed by atoms with Crippen LogP contribution < -0.4 is 4.90 Å². The number of para-hydroxylation sites is 1. The molecule has 2 aliphatic rings. The molecule has 0 amide bonds. The third kappa shape index (κ3) is 2.10. The van der Waals surface area contributed by atoms with E-state index in [1.165, 1.54) is 16.8 Å². The van der Waals surface area contributed by atoms with Crippen molar-refractivity contribution < 1.29 is 4.74 Å². The van der Waals surface area contributed by atoms with Gasteiger partial charge in [-0.15, -0.1) is 0 Å². The number of hydrogen-bond donors (Lipinski definition) is 0. The summed E-state index contributed by atoms with van der Waals surface area (Å²) in [5, 5.41) is 0. The van der Waals surface area contributed by atoms with Crippen molar-refractivity contribution in [2.24, 2.45) is 0 Å². The molecule has 0 bridgehead atoms. The molecule has 2 nitrogen and oxygen atoms in total. The summed E-state index contributed by atoms with van der Waals surface area (Å²) in [6.45, 7) is 6.26. The molecule has 1 fully saturated rings. The van der Waals surface area contributed by atoms with Crippen molar-refractivity contribution in [1.29, 1.82) is 0 Å². The fraction of sp³-hybridized carbons (Fsp3) is 0.300. The lowest BCUT2D eigenvalue weighted by Gasteiger charge is -2.39. The molecule has 2 aromatic rings. The molecular formula is C20H20BrNO. The molecule has 2 heterocycles. The predicted molar refractivity (Wildman–Crippen MR) is 98.7 cm³/mol. The average Bonchev–Trinajstić information content (AvgIpc) is 3.04. The first-order valence-electron chi connectivity index (χ1n) is 8.00. The number of rotatable bonds is 2. The summed E-state index contributed by atoms with van der Waals surface area (Å²) < 4.78 is 7.43. The molecule has 0 aromatic heterocycles. The number of fused-ring (bicyclic) bond motifs is 3. The molecule has 118 valence electrons. The molecule has 2 aliphatic heterocycles. The highest BCUT2D eigenvalue weighted by atomic mass is 79.9. The van der Waals surface area contributed by atoms with Gasteiger partial charge >= 0.3 is 0 Å². The molecule has 1 saturated heterocycles. The van der Waals surface area contributed by atoms with E-state index >= 15 is 0 Å². The van der Waals surface area contributed by atoms with Crippen LogP contribution in [0.3, 0.4) is 0 Å². The second-order valence-corrected chi connectivity index (χ2v) is 7.64. The van der Waals surface area contributed by atoms with Crippen LogP contribution in [-0.2, 0) is 10.2 Å². The largest absolute Gasteiger partial charge is 0.349 e. The maximum absolute atomic E-state index is 6.34. The van der Waals surface area contributed by atoms with Gasteiger partial charge in [0.15, 0.2) is 5.72 Å². The van der Waals surface area contributed by atoms with Crippen molar-refractivity contribution in [2.45, 2.75) is 25.0 Å². The van der Waals surface area contributed by atoms with Crippen molar-refractivity contribution in [3.05, 3.63) is 70.2 Å². The van der Waals surface area contributed by atoms with Gasteiger partial charge in [-0.05, 0) is 35.4 Å². The van der Waals surface area contributed by atoms with Gasteiger partial charge in [-0.2, -0.15) is 0 Å². The van der Waals surface area contributed by atoms with Crippen LogP contribution in [0.5, 0.6) is 0 Å². The molecule has 1 atom stereocenters. The first-order valence-corrected chi connectivity index (χ1v) is 8.80. The quantitative estimate of drug-likeness (QED) is 0.739. The summed E-state index contributed by atoms with van der Waals surface area (Å²) in [5.74, 6) is 0. The predicted octanol–water partition coefficient (Wildman–Crippen LogP) is 4.99. The van der Waals surface area contributed by atoms with E-state index in [1.807, 2.05) is 6.07 Å². The number of hydrogen-bond acceptors (Lipinski definition) is 2. The van der Waals surface area contributed by atoms with Crippen LogP contribution in [0.1, 0.15) is 25.0 Å². The molecule has 1 unspecified atom stereocenters. The zero-order valence-electron chi connectivity index (χ0n) is 13.4. The summed E-state index contributed by atoms with van der Waals surface area (Å²) >= 11 is 3.54. The standard InChI is InChI=1S/C20H20BrNO/c1-19(2)17-8-3-4-9-18(17)22-12-13-23-20(19,22)11-10-15-6-5-7-16(21)14-15/h3-11,14H,12-13H2,1-2H3/b11-10+. The Kier molecular flexibility index (Phi) is 3.40. The van der Waals surface area contributed by atoms with Gasteiger partial charge < -0.3 is 9.64 Å². The Balaban J connectivity index is 1.80. The van der Waals surface area contributed by atoms with Gasteiger partial charge in [0.25, 0.3) is 0 Å². The maximum Gasteiger partial charge on any atom is 0.170 e. The Morgan fingerprint density at radius 1 is 1.13 bits per heavy atom. The SMILES string of the molecule is CC1(C)c2ccccc2N2CCOC21/C=C/c1cccc(Br)c1. The highest BCUT2D eigenvalue weighted by Crippen LogP contribution is 2.54. The van der Waals surface area contributed by atoms with Gasteiger partial charge in [0.1, 0.15) is 0 Å². The normalized spacial score (nSPS) is 24.9. The smallest absolute Gasteiger partial charge is 0.170 e. The van der Waals surface area contributed by atoms with Crippen LogP contribution in [0.4, 0.5) is 5.69 Å². The Hall–Kier alpha value is -1.58. The highest BCUT2D eigenvalue weighted by molar-refractivity contribution is 9.10. The summed E-state index contributed by atoms with van der Waals surface area (Å²) in [4.78, 5) is 2.41. The zero-order valence-corrected chi connectivity index (χ0v) is 15.0. The van der Waals surface area contributed by atoms with Gasteiger partial charge in [0, 0.05) is 22.1 Å². The van der Waals surface area contributed by atoms with E-state index in [1.54, 1.807) is 0 Å². The minimum absolute atomic E-state index is 0.0946. The van der Waals surface area contributed by atoms with E-state index in [-0.39, 0.29) is 5.41 Å². The fourth-order valence-electron chi connectivity index (χ4n) is 3.95. The van der Waals surface area contributed by atoms with Crippen molar-refractivity contribution in [3.8, 4) is 0 Å². The molecule has 3 heteroatoms. The van der Waals surface area contributed by atoms with Gasteiger partial charge in [-0.1, -0.05) is 66.2 Å². The Morgan fingerprint density at radius 2 is 1.96 bits per heavy atom. The summed E-state index contributed by atoms with van der Waals surface area (Å²) in [6, 6.07) is 17.0. The summed E-state index contributed by atoms with van der Waals surface area (Å²) in [5.41, 5.74) is 3.34. The van der Waals surface area contributed by atoms with E-state index in [9.17, 15) is 0 Å². The fourth-order valence-corrected chi connectivity index (χ4v) is 4.37. The van der Waals surface area contributed by atoms with Gasteiger partial charge in [-0.3, -0.25) is 0 Å². The van der Waals surface area contributed by atoms with Gasteiger partial charge in [0.2, 0.25) is 0 Å². The third-order valence-electron chi connectivity index (χ3n) is 5.15. The van der Waals surface area contributed by atoms with Crippen LogP contribution in [0, 0.1) is 0 Å². The summed E-state index contributed by atoms with van der Waals surface area (Å²) in [6.07, 6.45) is 4.42. The van der Waals surface area contributed by atoms with Crippen molar-refractivity contribution in [1.82, 2.24) is 0 Å². The lowest BCUT2D eigenvalue weighted by atomic mass is 9.77. The lowest BCUT2D eigenvalue weighted by molar-refractivity contribution is 0.000337. The van der Waals surface area contributed by atoms with E-state index < -0.39 is 5.72 Å². The molecule has 2 aromatic carbocycles. The maximum atomic E-state index is 6.34. The van der Waals surface area contributed by atoms with Crippen LogP contribution in [0.2, 0.25) is 0 Å². The van der Waals surface area contributed by atoms with E-state index in [0.29, 0.717) is 0 Å². The first-order chi connectivity index (χ1) is 11.0. The van der Waals surface area contributed by atoms with Crippen LogP contribution >= 0.6 is 15.9 Å². The minimum Gasteiger partial charge on any atom is -0.349 e. The Bertz CT molecular complexity index is 783. The molecule has 0 spiro atoms. The van der Waals surface area contributed by atoms with Crippen LogP contribution in [0.25, 0.3) is 6.08 Å². The second kappa shape index (κ2) is 5.22. The number of anilines is 1. The Labute approximate surface area is 145 Å². The van der Waals surface area contributed by atoms with Crippen molar-refractivity contribution in [3.63, 3.8) is 0 Å². The molecule has 23 heavy (non-hydrogen) atoms. The monoisotopic (exact) mass is 369 g/mol. The van der Waals surface area contributed by atoms with Gasteiger partial charge in [-0.25, -0.2) is 0 Å². The van der Waals surface area contributed by atoms with E-state index in [2.05, 4.69) is 89.3 Å². The molecule has 0 N–H and O–H groups in total. The topological polar surface area (TPSA) is 12.5 Å². The molecule has 0 radical (unpaired) electrons. The van der Waals surface area contributed by atoms with Crippen molar-refractivity contribution >= 4 is 27.7 Å². The highest BCUT2D eigenvalue weighted by Gasteiger charge is 2.58. The van der Waals surface area contributed by atoms with E-state index in [4.69, 9.17) is 4.74 Å².